The van der Waals surface area contributed by atoms with Gasteiger partial charge in [-0.25, -0.2) is 4.98 Å². The lowest BCUT2D eigenvalue weighted by Crippen LogP contribution is -2.08. The molecule has 0 amide bonds. The Morgan fingerprint density at radius 2 is 1.80 bits per heavy atom. The SMILES string of the molecule is OCCCCCOCCOc1ccc2ccccc2n1. The van der Waals surface area contributed by atoms with Crippen LogP contribution in [-0.2, 0) is 4.74 Å². The van der Waals surface area contributed by atoms with Gasteiger partial charge in [0.2, 0.25) is 5.88 Å². The summed E-state index contributed by atoms with van der Waals surface area (Å²) in [6.07, 6.45) is 2.83. The predicted molar refractivity (Wildman–Crippen MR) is 79.0 cm³/mol. The lowest BCUT2D eigenvalue weighted by Gasteiger charge is -2.07. The first kappa shape index (κ1) is 14.8. The minimum Gasteiger partial charge on any atom is -0.475 e. The number of aromatic nitrogens is 1. The molecule has 2 aromatic rings. The number of rotatable bonds is 9. The predicted octanol–water partition coefficient (Wildman–Crippen LogP) is 2.79. The monoisotopic (exact) mass is 275 g/mol. The van der Waals surface area contributed by atoms with Crippen molar-refractivity contribution in [2.24, 2.45) is 0 Å². The summed E-state index contributed by atoms with van der Waals surface area (Å²) in [6.45, 7) is 2.05. The van der Waals surface area contributed by atoms with E-state index in [0.717, 1.165) is 30.2 Å². The highest BCUT2D eigenvalue weighted by atomic mass is 16.5. The molecule has 108 valence electrons. The molecule has 1 N–H and O–H groups in total. The normalized spacial score (nSPS) is 10.8. The molecule has 0 aliphatic carbocycles. The van der Waals surface area contributed by atoms with Gasteiger partial charge in [-0.3, -0.25) is 0 Å². The Kier molecular flexibility index (Phi) is 6.27. The first-order valence-electron chi connectivity index (χ1n) is 7.07. The molecule has 1 aromatic heterocycles. The van der Waals surface area contributed by atoms with Gasteiger partial charge in [0.25, 0.3) is 0 Å². The van der Waals surface area contributed by atoms with E-state index in [4.69, 9.17) is 14.6 Å². The number of pyridine rings is 1. The molecule has 0 bridgehead atoms. The van der Waals surface area contributed by atoms with E-state index in [0.29, 0.717) is 25.7 Å². The van der Waals surface area contributed by atoms with Crippen molar-refractivity contribution in [2.45, 2.75) is 19.3 Å². The number of benzene rings is 1. The zero-order chi connectivity index (χ0) is 14.0. The molecule has 2 rings (SSSR count). The van der Waals surface area contributed by atoms with Crippen LogP contribution in [0.2, 0.25) is 0 Å². The molecule has 0 saturated heterocycles. The molecular formula is C16H21NO3. The van der Waals surface area contributed by atoms with E-state index < -0.39 is 0 Å². The highest BCUT2D eigenvalue weighted by molar-refractivity contribution is 5.78. The van der Waals surface area contributed by atoms with Crippen molar-refractivity contribution in [3.8, 4) is 5.88 Å². The quantitative estimate of drug-likeness (QED) is 0.715. The smallest absolute Gasteiger partial charge is 0.213 e. The van der Waals surface area contributed by atoms with Crippen LogP contribution in [0.25, 0.3) is 10.9 Å². The lowest BCUT2D eigenvalue weighted by molar-refractivity contribution is 0.0949. The molecule has 0 aliphatic heterocycles. The van der Waals surface area contributed by atoms with E-state index in [2.05, 4.69) is 4.98 Å². The number of fused-ring (bicyclic) bond motifs is 1. The van der Waals surface area contributed by atoms with Crippen molar-refractivity contribution in [2.75, 3.05) is 26.4 Å². The molecular weight excluding hydrogens is 254 g/mol. The summed E-state index contributed by atoms with van der Waals surface area (Å²) < 4.78 is 11.0. The molecule has 0 fully saturated rings. The van der Waals surface area contributed by atoms with Crippen LogP contribution in [0.5, 0.6) is 5.88 Å². The number of nitrogens with zero attached hydrogens (tertiary/aromatic N) is 1. The highest BCUT2D eigenvalue weighted by Gasteiger charge is 1.98. The number of ether oxygens (including phenoxy) is 2. The van der Waals surface area contributed by atoms with Crippen molar-refractivity contribution in [1.29, 1.82) is 0 Å². The second-order valence-electron chi connectivity index (χ2n) is 4.59. The Hall–Kier alpha value is -1.65. The number of aliphatic hydroxyl groups is 1. The molecule has 0 unspecified atom stereocenters. The van der Waals surface area contributed by atoms with E-state index in [1.54, 1.807) is 0 Å². The van der Waals surface area contributed by atoms with Crippen LogP contribution in [0.15, 0.2) is 36.4 Å². The van der Waals surface area contributed by atoms with Gasteiger partial charge in [0, 0.05) is 24.7 Å². The number of para-hydroxylation sites is 1. The van der Waals surface area contributed by atoms with E-state index >= 15 is 0 Å². The summed E-state index contributed by atoms with van der Waals surface area (Å²) in [4.78, 5) is 4.43. The molecule has 4 heteroatoms. The minimum atomic E-state index is 0.261. The second kappa shape index (κ2) is 8.51. The molecule has 0 saturated carbocycles. The fourth-order valence-electron chi connectivity index (χ4n) is 1.93. The molecule has 0 atom stereocenters. The zero-order valence-corrected chi connectivity index (χ0v) is 11.6. The maximum absolute atomic E-state index is 8.64. The van der Waals surface area contributed by atoms with Gasteiger partial charge in [-0.15, -0.1) is 0 Å². The van der Waals surface area contributed by atoms with Crippen LogP contribution in [0.4, 0.5) is 0 Å². The summed E-state index contributed by atoms with van der Waals surface area (Å²) >= 11 is 0. The topological polar surface area (TPSA) is 51.6 Å². The average molecular weight is 275 g/mol. The number of hydrogen-bond acceptors (Lipinski definition) is 4. The fraction of sp³-hybridized carbons (Fsp3) is 0.438. The van der Waals surface area contributed by atoms with Crippen molar-refractivity contribution in [3.63, 3.8) is 0 Å². The Morgan fingerprint density at radius 1 is 0.900 bits per heavy atom. The number of aliphatic hydroxyl groups excluding tert-OH is 1. The summed E-state index contributed by atoms with van der Waals surface area (Å²) in [5.74, 6) is 0.632. The molecule has 0 aliphatic rings. The average Bonchev–Trinajstić information content (AvgIpc) is 2.50. The van der Waals surface area contributed by atoms with Gasteiger partial charge in [0.1, 0.15) is 6.61 Å². The van der Waals surface area contributed by atoms with Crippen LogP contribution in [0.3, 0.4) is 0 Å². The Labute approximate surface area is 119 Å². The molecule has 4 nitrogen and oxygen atoms in total. The van der Waals surface area contributed by atoms with E-state index in [-0.39, 0.29) is 6.61 Å². The summed E-state index contributed by atoms with van der Waals surface area (Å²) in [5, 5.41) is 9.75. The Bertz CT molecular complexity index is 516. The Morgan fingerprint density at radius 3 is 2.70 bits per heavy atom. The maximum atomic E-state index is 8.64. The van der Waals surface area contributed by atoms with Gasteiger partial charge in [-0.2, -0.15) is 0 Å². The Balaban J connectivity index is 1.65. The van der Waals surface area contributed by atoms with Crippen LogP contribution in [-0.4, -0.2) is 36.5 Å². The molecule has 0 radical (unpaired) electrons. The first-order valence-corrected chi connectivity index (χ1v) is 7.07. The molecule has 1 aromatic carbocycles. The molecule has 0 spiro atoms. The number of unbranched alkanes of at least 4 members (excludes halogenated alkanes) is 2. The van der Waals surface area contributed by atoms with Gasteiger partial charge in [-0.1, -0.05) is 18.2 Å². The minimum absolute atomic E-state index is 0.261. The van der Waals surface area contributed by atoms with Gasteiger partial charge in [0.15, 0.2) is 0 Å². The van der Waals surface area contributed by atoms with E-state index in [1.165, 1.54) is 0 Å². The largest absolute Gasteiger partial charge is 0.475 e. The maximum Gasteiger partial charge on any atom is 0.213 e. The zero-order valence-electron chi connectivity index (χ0n) is 11.6. The van der Waals surface area contributed by atoms with Crippen LogP contribution in [0.1, 0.15) is 19.3 Å². The third-order valence-corrected chi connectivity index (χ3v) is 3.00. The molecule has 20 heavy (non-hydrogen) atoms. The van der Waals surface area contributed by atoms with Gasteiger partial charge < -0.3 is 14.6 Å². The van der Waals surface area contributed by atoms with Crippen molar-refractivity contribution in [1.82, 2.24) is 4.98 Å². The fourth-order valence-corrected chi connectivity index (χ4v) is 1.93. The summed E-state index contributed by atoms with van der Waals surface area (Å²) in [5.41, 5.74) is 0.940. The summed E-state index contributed by atoms with van der Waals surface area (Å²) in [6, 6.07) is 11.8. The van der Waals surface area contributed by atoms with Crippen molar-refractivity contribution >= 4 is 10.9 Å². The van der Waals surface area contributed by atoms with E-state index in [1.807, 2.05) is 36.4 Å². The van der Waals surface area contributed by atoms with Crippen LogP contribution in [0, 0.1) is 0 Å². The van der Waals surface area contributed by atoms with Crippen molar-refractivity contribution < 1.29 is 14.6 Å². The standard InChI is InChI=1S/C16H21NO3/c18-10-4-1-5-11-19-12-13-20-16-9-8-14-6-2-3-7-15(14)17-16/h2-3,6-9,18H,1,4-5,10-13H2. The number of hydrogen-bond donors (Lipinski definition) is 1. The molecule has 1 heterocycles. The summed E-state index contributed by atoms with van der Waals surface area (Å²) in [7, 11) is 0. The highest BCUT2D eigenvalue weighted by Crippen LogP contribution is 2.15. The first-order chi connectivity index (χ1) is 9.90. The van der Waals surface area contributed by atoms with Gasteiger partial charge in [0.05, 0.1) is 12.1 Å². The lowest BCUT2D eigenvalue weighted by atomic mass is 10.2. The third-order valence-electron chi connectivity index (χ3n) is 3.00. The van der Waals surface area contributed by atoms with Gasteiger partial charge in [-0.05, 0) is 31.4 Å². The van der Waals surface area contributed by atoms with Crippen molar-refractivity contribution in [3.05, 3.63) is 36.4 Å². The second-order valence-corrected chi connectivity index (χ2v) is 4.59. The van der Waals surface area contributed by atoms with Crippen LogP contribution >= 0.6 is 0 Å². The van der Waals surface area contributed by atoms with Crippen LogP contribution < -0.4 is 4.74 Å². The van der Waals surface area contributed by atoms with E-state index in [9.17, 15) is 0 Å². The third kappa shape index (κ3) is 4.79. The van der Waals surface area contributed by atoms with Gasteiger partial charge >= 0.3 is 0 Å².